The second-order valence-corrected chi connectivity index (χ2v) is 5.28. The van der Waals surface area contributed by atoms with Gasteiger partial charge in [-0.05, 0) is 30.2 Å². The van der Waals surface area contributed by atoms with E-state index in [0.717, 1.165) is 0 Å². The molecule has 0 fully saturated rings. The lowest BCUT2D eigenvalue weighted by Crippen LogP contribution is -2.38. The number of hydrogen-bond donors (Lipinski definition) is 3. The maximum Gasteiger partial charge on any atom is 0.417 e. The molecular weight excluding hydrogens is 246 g/mol. The van der Waals surface area contributed by atoms with E-state index in [-0.39, 0.29) is 11.3 Å². The van der Waals surface area contributed by atoms with Crippen LogP contribution in [0.4, 0.5) is 0 Å². The molecule has 19 heavy (non-hydrogen) atoms. The van der Waals surface area contributed by atoms with Gasteiger partial charge in [0.2, 0.25) is 0 Å². The van der Waals surface area contributed by atoms with Gasteiger partial charge in [-0.1, -0.05) is 13.8 Å². The number of nitrogens with one attached hydrogen (secondary N) is 2. The van der Waals surface area contributed by atoms with Crippen LogP contribution in [0.25, 0.3) is 11.1 Å². The van der Waals surface area contributed by atoms with E-state index in [0.29, 0.717) is 29.8 Å². The van der Waals surface area contributed by atoms with Crippen LogP contribution in [0.15, 0.2) is 27.4 Å². The highest BCUT2D eigenvalue weighted by Crippen LogP contribution is 2.14. The predicted molar refractivity (Wildman–Crippen MR) is 72.0 cm³/mol. The van der Waals surface area contributed by atoms with Gasteiger partial charge >= 0.3 is 5.76 Å². The van der Waals surface area contributed by atoms with Gasteiger partial charge in [-0.15, -0.1) is 0 Å². The average Bonchev–Trinajstić information content (AvgIpc) is 2.75. The quantitative estimate of drug-likeness (QED) is 0.760. The van der Waals surface area contributed by atoms with Gasteiger partial charge in [0.25, 0.3) is 5.91 Å². The van der Waals surface area contributed by atoms with Crippen molar-refractivity contribution in [3.63, 3.8) is 0 Å². The zero-order valence-electron chi connectivity index (χ0n) is 10.9. The van der Waals surface area contributed by atoms with E-state index in [1.54, 1.807) is 18.2 Å². The lowest BCUT2D eigenvalue weighted by Gasteiger charge is -2.22. The first-order valence-electron chi connectivity index (χ1n) is 6.02. The Labute approximate surface area is 110 Å². The number of oxazole rings is 1. The molecule has 0 saturated carbocycles. The van der Waals surface area contributed by atoms with Crippen molar-refractivity contribution < 1.29 is 9.21 Å². The fraction of sp³-hybridized carbons (Fsp3) is 0.385. The van der Waals surface area contributed by atoms with Gasteiger partial charge in [-0.25, -0.2) is 4.79 Å². The minimum atomic E-state index is -0.531. The minimum absolute atomic E-state index is 0.149. The number of benzene rings is 1. The van der Waals surface area contributed by atoms with Crippen molar-refractivity contribution in [2.75, 3.05) is 13.1 Å². The first kappa shape index (κ1) is 13.4. The van der Waals surface area contributed by atoms with Crippen molar-refractivity contribution in [2.24, 2.45) is 11.1 Å². The Kier molecular flexibility index (Phi) is 3.44. The molecule has 0 radical (unpaired) electrons. The Morgan fingerprint density at radius 3 is 2.89 bits per heavy atom. The van der Waals surface area contributed by atoms with E-state index in [9.17, 15) is 9.59 Å². The molecule has 2 aromatic rings. The molecule has 0 aliphatic rings. The Bertz CT molecular complexity index is 654. The lowest BCUT2D eigenvalue weighted by atomic mass is 9.94. The van der Waals surface area contributed by atoms with Crippen molar-refractivity contribution in [1.82, 2.24) is 10.3 Å². The second-order valence-electron chi connectivity index (χ2n) is 5.28. The van der Waals surface area contributed by atoms with Crippen molar-refractivity contribution in [3.05, 3.63) is 34.3 Å². The van der Waals surface area contributed by atoms with Crippen LogP contribution in [-0.2, 0) is 0 Å². The fourth-order valence-electron chi connectivity index (χ4n) is 1.59. The summed E-state index contributed by atoms with van der Waals surface area (Å²) in [6, 6.07) is 4.80. The molecule has 6 heteroatoms. The predicted octanol–water partition coefficient (Wildman–Crippen LogP) is 0.836. The number of rotatable bonds is 4. The first-order valence-corrected chi connectivity index (χ1v) is 6.02. The molecule has 1 aromatic carbocycles. The van der Waals surface area contributed by atoms with Gasteiger partial charge in [-0.3, -0.25) is 9.78 Å². The summed E-state index contributed by atoms with van der Waals surface area (Å²) in [5.41, 5.74) is 6.87. The van der Waals surface area contributed by atoms with Crippen LogP contribution in [0, 0.1) is 5.41 Å². The molecule has 1 amide bonds. The molecule has 6 nitrogen and oxygen atoms in total. The smallest absolute Gasteiger partial charge is 0.408 e. The third kappa shape index (κ3) is 3.03. The van der Waals surface area contributed by atoms with E-state index >= 15 is 0 Å². The summed E-state index contributed by atoms with van der Waals surface area (Å²) in [7, 11) is 0. The molecule has 0 atom stereocenters. The molecule has 0 unspecified atom stereocenters. The second kappa shape index (κ2) is 4.89. The van der Waals surface area contributed by atoms with E-state index in [1.165, 1.54) is 0 Å². The van der Waals surface area contributed by atoms with E-state index < -0.39 is 5.76 Å². The molecule has 0 saturated heterocycles. The van der Waals surface area contributed by atoms with E-state index in [4.69, 9.17) is 10.2 Å². The normalized spacial score (nSPS) is 11.7. The zero-order chi connectivity index (χ0) is 14.0. The summed E-state index contributed by atoms with van der Waals surface area (Å²) in [6.45, 7) is 4.93. The molecule has 102 valence electrons. The Balaban J connectivity index is 2.15. The average molecular weight is 263 g/mol. The van der Waals surface area contributed by atoms with Crippen LogP contribution in [0.5, 0.6) is 0 Å². The number of carbonyl (C=O) groups excluding carboxylic acids is 1. The maximum atomic E-state index is 12.0. The zero-order valence-corrected chi connectivity index (χ0v) is 10.9. The van der Waals surface area contributed by atoms with Crippen molar-refractivity contribution in [3.8, 4) is 0 Å². The summed E-state index contributed by atoms with van der Waals surface area (Å²) >= 11 is 0. The highest BCUT2D eigenvalue weighted by atomic mass is 16.4. The minimum Gasteiger partial charge on any atom is -0.408 e. The third-order valence-electron chi connectivity index (χ3n) is 2.96. The highest BCUT2D eigenvalue weighted by molar-refractivity contribution is 5.97. The van der Waals surface area contributed by atoms with Crippen molar-refractivity contribution in [1.29, 1.82) is 0 Å². The first-order chi connectivity index (χ1) is 8.91. The van der Waals surface area contributed by atoms with Crippen LogP contribution in [0.1, 0.15) is 24.2 Å². The summed E-state index contributed by atoms with van der Waals surface area (Å²) in [5.74, 6) is -0.734. The summed E-state index contributed by atoms with van der Waals surface area (Å²) in [6.07, 6.45) is 0. The molecule has 1 heterocycles. The molecule has 0 aliphatic carbocycles. The lowest BCUT2D eigenvalue weighted by molar-refractivity contribution is 0.0938. The molecule has 4 N–H and O–H groups in total. The van der Waals surface area contributed by atoms with Crippen LogP contribution in [0.2, 0.25) is 0 Å². The molecule has 0 bridgehead atoms. The van der Waals surface area contributed by atoms with Gasteiger partial charge in [0.05, 0.1) is 5.52 Å². The molecule has 1 aromatic heterocycles. The van der Waals surface area contributed by atoms with Gasteiger partial charge in [-0.2, -0.15) is 0 Å². The number of H-pyrrole nitrogens is 1. The van der Waals surface area contributed by atoms with Gasteiger partial charge in [0.1, 0.15) is 0 Å². The van der Waals surface area contributed by atoms with Gasteiger partial charge in [0, 0.05) is 12.1 Å². The third-order valence-corrected chi connectivity index (χ3v) is 2.96. The summed E-state index contributed by atoms with van der Waals surface area (Å²) in [5, 5.41) is 2.82. The van der Waals surface area contributed by atoms with Crippen molar-refractivity contribution in [2.45, 2.75) is 13.8 Å². The van der Waals surface area contributed by atoms with Crippen LogP contribution in [0.3, 0.4) is 0 Å². The molecule has 0 aliphatic heterocycles. The Morgan fingerprint density at radius 1 is 1.47 bits per heavy atom. The fourth-order valence-corrected chi connectivity index (χ4v) is 1.59. The molecule has 0 spiro atoms. The number of hydrogen-bond acceptors (Lipinski definition) is 4. The van der Waals surface area contributed by atoms with E-state index in [2.05, 4.69) is 10.3 Å². The molecule has 2 rings (SSSR count). The van der Waals surface area contributed by atoms with E-state index in [1.807, 2.05) is 13.8 Å². The van der Waals surface area contributed by atoms with Gasteiger partial charge in [0.15, 0.2) is 5.58 Å². The largest absolute Gasteiger partial charge is 0.417 e. The number of aromatic nitrogens is 1. The number of carbonyl (C=O) groups is 1. The maximum absolute atomic E-state index is 12.0. The van der Waals surface area contributed by atoms with Crippen LogP contribution >= 0.6 is 0 Å². The Morgan fingerprint density at radius 2 is 2.21 bits per heavy atom. The number of nitrogens with two attached hydrogens (primary N) is 1. The number of fused-ring (bicyclic) bond motifs is 1. The topological polar surface area (TPSA) is 101 Å². The van der Waals surface area contributed by atoms with Crippen molar-refractivity contribution >= 4 is 17.0 Å². The standard InChI is InChI=1S/C13H17N3O3/c1-13(2,6-14)7-15-11(17)8-3-4-10-9(5-8)16-12(18)19-10/h3-5H,6-7,14H2,1-2H3,(H,15,17)(H,16,18). The molecular formula is C13H17N3O3. The number of amides is 1. The SMILES string of the molecule is CC(C)(CN)CNC(=O)c1ccc2oc(=O)[nH]c2c1. The highest BCUT2D eigenvalue weighted by Gasteiger charge is 2.17. The number of aromatic amines is 1. The summed E-state index contributed by atoms with van der Waals surface area (Å²) < 4.78 is 4.87. The summed E-state index contributed by atoms with van der Waals surface area (Å²) in [4.78, 5) is 25.5. The monoisotopic (exact) mass is 263 g/mol. The van der Waals surface area contributed by atoms with Gasteiger partial charge < -0.3 is 15.5 Å². The van der Waals surface area contributed by atoms with Crippen LogP contribution < -0.4 is 16.8 Å². The Hall–Kier alpha value is -2.08. The van der Waals surface area contributed by atoms with Crippen LogP contribution in [-0.4, -0.2) is 24.0 Å².